The summed E-state index contributed by atoms with van der Waals surface area (Å²) in [4.78, 5) is 39.8. The number of hydrogen-bond acceptors (Lipinski definition) is 8. The molecule has 4 aromatic rings. The summed E-state index contributed by atoms with van der Waals surface area (Å²) < 4.78 is 72.9. The van der Waals surface area contributed by atoms with Gasteiger partial charge in [-0.05, 0) is 42.3 Å². The average Bonchev–Trinajstić information content (AvgIpc) is 3.22. The standard InChI is InChI=1S/C24H21ClF2N3O7PS.2Na/c1-2-9-39(35,36)29-20-8-7-19(26)21(22(20)27)23(31)18-12-30(13-37-38(32,33)34)24-17(18)10-15(11-28-24)14-3-5-16(25)6-4-14;;/h3-8,10-12,29H,2,9,13H2,1H3,(H2,32,33,34);;/q;2*+1/p-2. The Bertz CT molecular complexity index is 1740. The monoisotopic (exact) mass is 643 g/mol. The number of nitrogens with zero attached hydrogens (tertiary/aromatic N) is 2. The van der Waals surface area contributed by atoms with E-state index >= 15 is 4.39 Å². The van der Waals surface area contributed by atoms with E-state index in [2.05, 4.69) is 9.51 Å². The fraction of sp³-hybridized carbons (Fsp3) is 0.167. The van der Waals surface area contributed by atoms with Crippen LogP contribution in [0.3, 0.4) is 0 Å². The average molecular weight is 644 g/mol. The molecule has 0 atom stereocenters. The van der Waals surface area contributed by atoms with Crippen molar-refractivity contribution in [3.63, 3.8) is 0 Å². The molecule has 2 aromatic heterocycles. The molecule has 0 bridgehead atoms. The molecule has 0 aliphatic carbocycles. The summed E-state index contributed by atoms with van der Waals surface area (Å²) in [6.07, 6.45) is 2.66. The van der Waals surface area contributed by atoms with Gasteiger partial charge in [0.2, 0.25) is 15.8 Å². The smallest absolute Gasteiger partial charge is 0.790 e. The summed E-state index contributed by atoms with van der Waals surface area (Å²) in [5, 5.41) is 0.519. The van der Waals surface area contributed by atoms with Crippen molar-refractivity contribution in [2.45, 2.75) is 20.1 Å². The zero-order chi connectivity index (χ0) is 28.5. The van der Waals surface area contributed by atoms with Crippen LogP contribution in [0.2, 0.25) is 5.02 Å². The first-order valence-electron chi connectivity index (χ1n) is 11.2. The Kier molecular flexibility index (Phi) is 12.8. The summed E-state index contributed by atoms with van der Waals surface area (Å²) in [5.74, 6) is -4.23. The van der Waals surface area contributed by atoms with E-state index in [4.69, 9.17) is 11.6 Å². The van der Waals surface area contributed by atoms with Gasteiger partial charge in [0.15, 0.2) is 5.82 Å². The molecule has 0 saturated carbocycles. The molecule has 10 nitrogen and oxygen atoms in total. The number of halogens is 3. The number of carbonyl (C=O) groups is 1. The zero-order valence-electron chi connectivity index (χ0n) is 22.1. The van der Waals surface area contributed by atoms with Crippen LogP contribution in [0, 0.1) is 11.6 Å². The number of sulfonamides is 1. The molecule has 0 spiro atoms. The third-order valence-corrected chi connectivity index (χ3v) is 7.71. The zero-order valence-corrected chi connectivity index (χ0v) is 28.5. The fourth-order valence-electron chi connectivity index (χ4n) is 3.85. The minimum atomic E-state index is -5.42. The molecule has 0 radical (unpaired) electrons. The molecule has 2 heterocycles. The van der Waals surface area contributed by atoms with Gasteiger partial charge in [-0.2, -0.15) is 0 Å². The number of fused-ring (bicyclic) bond motifs is 1. The van der Waals surface area contributed by atoms with E-state index in [1.165, 1.54) is 12.3 Å². The predicted molar refractivity (Wildman–Crippen MR) is 136 cm³/mol. The van der Waals surface area contributed by atoms with E-state index < -0.39 is 53.2 Å². The molecule has 41 heavy (non-hydrogen) atoms. The van der Waals surface area contributed by atoms with Gasteiger partial charge in [0.1, 0.15) is 18.2 Å². The number of hydrogen-bond donors (Lipinski definition) is 1. The van der Waals surface area contributed by atoms with Gasteiger partial charge in [-0.1, -0.05) is 30.7 Å². The predicted octanol–water partition coefficient (Wildman–Crippen LogP) is -2.17. The van der Waals surface area contributed by atoms with Crippen LogP contribution in [0.1, 0.15) is 29.3 Å². The quantitative estimate of drug-likeness (QED) is 0.116. The van der Waals surface area contributed by atoms with Gasteiger partial charge in [-0.25, -0.2) is 22.2 Å². The molecular formula is C24H19ClF2N3Na2O7PS. The van der Waals surface area contributed by atoms with Crippen molar-refractivity contribution in [1.82, 2.24) is 9.55 Å². The van der Waals surface area contributed by atoms with E-state index in [9.17, 15) is 32.0 Å². The van der Waals surface area contributed by atoms with E-state index in [1.807, 2.05) is 4.72 Å². The maximum atomic E-state index is 15.4. The van der Waals surface area contributed by atoms with Gasteiger partial charge in [-0.3, -0.25) is 9.52 Å². The number of rotatable bonds is 10. The molecule has 0 aliphatic heterocycles. The second kappa shape index (κ2) is 14.5. The summed E-state index contributed by atoms with van der Waals surface area (Å²) in [5.41, 5.74) is -0.905. The van der Waals surface area contributed by atoms with Gasteiger partial charge < -0.3 is 23.4 Å². The number of benzene rings is 2. The third-order valence-electron chi connectivity index (χ3n) is 5.55. The number of carbonyl (C=O) groups excluding carboxylic acids is 1. The normalized spacial score (nSPS) is 11.6. The number of ketones is 1. The van der Waals surface area contributed by atoms with Crippen molar-refractivity contribution in [3.05, 3.63) is 82.6 Å². The maximum absolute atomic E-state index is 15.4. The number of pyridine rings is 1. The second-order valence-electron chi connectivity index (χ2n) is 8.35. The van der Waals surface area contributed by atoms with Crippen molar-refractivity contribution >= 4 is 52.0 Å². The van der Waals surface area contributed by atoms with Crippen LogP contribution in [0.25, 0.3) is 22.2 Å². The number of nitrogens with one attached hydrogen (secondary N) is 1. The van der Waals surface area contributed by atoms with Crippen LogP contribution in [0.5, 0.6) is 0 Å². The minimum Gasteiger partial charge on any atom is -0.790 e. The van der Waals surface area contributed by atoms with E-state index in [1.54, 1.807) is 31.2 Å². The van der Waals surface area contributed by atoms with Gasteiger partial charge in [0.05, 0.1) is 30.4 Å². The molecule has 0 amide bonds. The van der Waals surface area contributed by atoms with Crippen LogP contribution < -0.4 is 73.6 Å². The van der Waals surface area contributed by atoms with Gasteiger partial charge in [0, 0.05) is 28.4 Å². The van der Waals surface area contributed by atoms with Crippen LogP contribution in [-0.4, -0.2) is 29.5 Å². The first-order valence-corrected chi connectivity index (χ1v) is 14.7. The number of phosphoric ester groups is 1. The molecule has 0 fully saturated rings. The Labute approximate surface area is 283 Å². The SMILES string of the molecule is CCCS(=O)(=O)Nc1ccc(F)c(C(=O)c2cn(COP(=O)([O-])[O-])c3ncc(-c4ccc(Cl)cc4)cc23)c1F.[Na+].[Na+]. The molecule has 206 valence electrons. The number of phosphoric acid groups is 1. The Morgan fingerprint density at radius 2 is 1.78 bits per heavy atom. The molecule has 0 unspecified atom stereocenters. The topological polar surface area (TPSA) is 153 Å². The number of aromatic nitrogens is 2. The molecular weight excluding hydrogens is 625 g/mol. The molecule has 2 aromatic carbocycles. The third kappa shape index (κ3) is 8.69. The Morgan fingerprint density at radius 1 is 1.12 bits per heavy atom. The number of anilines is 1. The summed E-state index contributed by atoms with van der Waals surface area (Å²) >= 11 is 5.94. The maximum Gasteiger partial charge on any atom is 1.00 e. The van der Waals surface area contributed by atoms with Crippen molar-refractivity contribution in [2.75, 3.05) is 10.5 Å². The van der Waals surface area contributed by atoms with Gasteiger partial charge in [0.25, 0.3) is 0 Å². The first kappa shape index (κ1) is 36.0. The van der Waals surface area contributed by atoms with Crippen molar-refractivity contribution < 1.29 is 100.0 Å². The molecule has 1 N–H and O–H groups in total. The second-order valence-corrected chi connectivity index (χ2v) is 11.8. The Hall–Kier alpha value is -1.19. The van der Waals surface area contributed by atoms with Crippen LogP contribution >= 0.6 is 19.4 Å². The van der Waals surface area contributed by atoms with E-state index in [-0.39, 0.29) is 87.9 Å². The molecule has 4 rings (SSSR count). The van der Waals surface area contributed by atoms with Crippen molar-refractivity contribution in [2.24, 2.45) is 0 Å². The summed E-state index contributed by atoms with van der Waals surface area (Å²) in [6.45, 7) is 0.739. The molecule has 0 aliphatic rings. The van der Waals surface area contributed by atoms with Crippen LogP contribution in [0.15, 0.2) is 54.9 Å². The first-order chi connectivity index (χ1) is 18.3. The molecule has 0 saturated heterocycles. The van der Waals surface area contributed by atoms with Crippen LogP contribution in [-0.2, 0) is 25.8 Å². The van der Waals surface area contributed by atoms with Crippen LogP contribution in [0.4, 0.5) is 14.5 Å². The minimum absolute atomic E-state index is 0. The largest absolute Gasteiger partial charge is 1.00 e. The van der Waals surface area contributed by atoms with E-state index in [0.717, 1.165) is 22.9 Å². The van der Waals surface area contributed by atoms with Gasteiger partial charge >= 0.3 is 59.1 Å². The fourth-order valence-corrected chi connectivity index (χ4v) is 5.37. The Balaban J connectivity index is 0.00000294. The molecule has 17 heteroatoms. The van der Waals surface area contributed by atoms with Gasteiger partial charge in [-0.15, -0.1) is 0 Å². The van der Waals surface area contributed by atoms with E-state index in [0.29, 0.717) is 16.1 Å². The van der Waals surface area contributed by atoms with Crippen molar-refractivity contribution in [1.29, 1.82) is 0 Å². The van der Waals surface area contributed by atoms with Crippen molar-refractivity contribution in [3.8, 4) is 11.1 Å². The summed E-state index contributed by atoms with van der Waals surface area (Å²) in [6, 6.07) is 9.64. The Morgan fingerprint density at radius 3 is 2.39 bits per heavy atom. The summed E-state index contributed by atoms with van der Waals surface area (Å²) in [7, 11) is -9.39.